The van der Waals surface area contributed by atoms with Crippen molar-refractivity contribution in [3.63, 3.8) is 0 Å². The lowest BCUT2D eigenvalue weighted by Gasteiger charge is -2.21. The van der Waals surface area contributed by atoms with Crippen LogP contribution in [0.4, 0.5) is 5.69 Å². The van der Waals surface area contributed by atoms with Crippen LogP contribution in [-0.2, 0) is 0 Å². The zero-order chi connectivity index (χ0) is 15.5. The fourth-order valence-corrected chi connectivity index (χ4v) is 2.77. The first kappa shape index (κ1) is 14.5. The van der Waals surface area contributed by atoms with Crippen LogP contribution in [0.1, 0.15) is 19.5 Å². The summed E-state index contributed by atoms with van der Waals surface area (Å²) in [6.45, 7) is 8.42. The minimum Gasteiger partial charge on any atom is -0.372 e. The van der Waals surface area contributed by atoms with Crippen molar-refractivity contribution in [1.29, 1.82) is 0 Å². The molecule has 112 valence electrons. The number of anilines is 1. The molecule has 0 saturated heterocycles. The van der Waals surface area contributed by atoms with Gasteiger partial charge in [0, 0.05) is 35.4 Å². The van der Waals surface area contributed by atoms with Gasteiger partial charge >= 0.3 is 0 Å². The van der Waals surface area contributed by atoms with Crippen molar-refractivity contribution in [3.05, 3.63) is 54.2 Å². The Bertz CT molecular complexity index is 774. The average Bonchev–Trinajstić information content (AvgIpc) is 2.56. The van der Waals surface area contributed by atoms with Crippen LogP contribution in [0.15, 0.2) is 48.5 Å². The zero-order valence-electron chi connectivity index (χ0n) is 13.4. The molecular formula is C19H21N3. The van der Waals surface area contributed by atoms with E-state index in [9.17, 15) is 0 Å². The second-order valence-electron chi connectivity index (χ2n) is 5.37. The van der Waals surface area contributed by atoms with Gasteiger partial charge in [-0.2, -0.15) is 0 Å². The highest BCUT2D eigenvalue weighted by Gasteiger charge is 2.07. The third-order valence-corrected chi connectivity index (χ3v) is 4.05. The van der Waals surface area contributed by atoms with Crippen molar-refractivity contribution >= 4 is 16.6 Å². The van der Waals surface area contributed by atoms with Crippen molar-refractivity contribution in [2.45, 2.75) is 20.8 Å². The van der Waals surface area contributed by atoms with E-state index in [1.54, 1.807) is 0 Å². The molecule has 3 heteroatoms. The van der Waals surface area contributed by atoms with Crippen LogP contribution < -0.4 is 4.90 Å². The first-order chi connectivity index (χ1) is 10.7. The molecule has 0 unspecified atom stereocenters. The van der Waals surface area contributed by atoms with Gasteiger partial charge in [0.2, 0.25) is 0 Å². The predicted molar refractivity (Wildman–Crippen MR) is 93.3 cm³/mol. The summed E-state index contributed by atoms with van der Waals surface area (Å²) >= 11 is 0. The van der Waals surface area contributed by atoms with Gasteiger partial charge in [0.15, 0.2) is 5.82 Å². The predicted octanol–water partition coefficient (Wildman–Crippen LogP) is 4.45. The number of rotatable bonds is 4. The van der Waals surface area contributed by atoms with Crippen LogP contribution in [0.25, 0.3) is 22.3 Å². The Hall–Kier alpha value is -2.42. The van der Waals surface area contributed by atoms with Gasteiger partial charge in [-0.15, -0.1) is 0 Å². The molecule has 0 amide bonds. The summed E-state index contributed by atoms with van der Waals surface area (Å²) in [6.07, 6.45) is 0. The van der Waals surface area contributed by atoms with E-state index >= 15 is 0 Å². The largest absolute Gasteiger partial charge is 0.372 e. The Morgan fingerprint density at radius 3 is 2.23 bits per heavy atom. The van der Waals surface area contributed by atoms with Crippen LogP contribution in [0.2, 0.25) is 0 Å². The standard InChI is InChI=1S/C19H21N3/c1-4-22(5-2)16-12-10-15(11-13-16)19-20-14(3)17-8-6-7-9-18(17)21-19/h6-13H,4-5H2,1-3H3. The Kier molecular flexibility index (Phi) is 4.05. The molecule has 0 aliphatic carbocycles. The number of para-hydroxylation sites is 1. The Balaban J connectivity index is 2.01. The van der Waals surface area contributed by atoms with Gasteiger partial charge in [0.25, 0.3) is 0 Å². The fraction of sp³-hybridized carbons (Fsp3) is 0.263. The Morgan fingerprint density at radius 1 is 0.864 bits per heavy atom. The van der Waals surface area contributed by atoms with Crippen LogP contribution >= 0.6 is 0 Å². The van der Waals surface area contributed by atoms with Crippen molar-refractivity contribution in [2.24, 2.45) is 0 Å². The van der Waals surface area contributed by atoms with E-state index in [0.29, 0.717) is 0 Å². The van der Waals surface area contributed by atoms with Crippen molar-refractivity contribution in [1.82, 2.24) is 9.97 Å². The Labute approximate surface area is 131 Å². The van der Waals surface area contributed by atoms with E-state index in [4.69, 9.17) is 4.98 Å². The molecule has 0 radical (unpaired) electrons. The molecule has 0 atom stereocenters. The first-order valence-electron chi connectivity index (χ1n) is 7.81. The summed E-state index contributed by atoms with van der Waals surface area (Å²) in [5, 5.41) is 1.12. The summed E-state index contributed by atoms with van der Waals surface area (Å²) in [6, 6.07) is 16.7. The van der Waals surface area contributed by atoms with Crippen LogP contribution in [-0.4, -0.2) is 23.1 Å². The van der Waals surface area contributed by atoms with Crippen LogP contribution in [0, 0.1) is 6.92 Å². The molecule has 22 heavy (non-hydrogen) atoms. The molecule has 3 nitrogen and oxygen atoms in total. The molecule has 0 fully saturated rings. The van der Waals surface area contributed by atoms with E-state index in [0.717, 1.165) is 41.1 Å². The SMILES string of the molecule is CCN(CC)c1ccc(-c2nc(C)c3ccccc3n2)cc1. The third kappa shape index (κ3) is 2.67. The van der Waals surface area contributed by atoms with Gasteiger partial charge < -0.3 is 4.90 Å². The summed E-state index contributed by atoms with van der Waals surface area (Å²) in [5.41, 5.74) is 4.32. The van der Waals surface area contributed by atoms with Gasteiger partial charge in [-0.05, 0) is 51.1 Å². The minimum absolute atomic E-state index is 0.794. The van der Waals surface area contributed by atoms with E-state index in [-0.39, 0.29) is 0 Å². The molecule has 0 saturated carbocycles. The maximum Gasteiger partial charge on any atom is 0.160 e. The van der Waals surface area contributed by atoms with Crippen molar-refractivity contribution < 1.29 is 0 Å². The monoisotopic (exact) mass is 291 g/mol. The lowest BCUT2D eigenvalue weighted by atomic mass is 10.1. The second kappa shape index (κ2) is 6.14. The molecule has 2 aromatic carbocycles. The fourth-order valence-electron chi connectivity index (χ4n) is 2.77. The van der Waals surface area contributed by atoms with Crippen LogP contribution in [0.5, 0.6) is 0 Å². The lowest BCUT2D eigenvalue weighted by Crippen LogP contribution is -2.21. The number of hydrogen-bond donors (Lipinski definition) is 0. The highest BCUT2D eigenvalue weighted by Crippen LogP contribution is 2.23. The molecule has 1 aromatic heterocycles. The molecule has 0 bridgehead atoms. The number of benzene rings is 2. The summed E-state index contributed by atoms with van der Waals surface area (Å²) in [4.78, 5) is 11.7. The van der Waals surface area contributed by atoms with Crippen LogP contribution in [0.3, 0.4) is 0 Å². The lowest BCUT2D eigenvalue weighted by molar-refractivity contribution is 0.866. The Morgan fingerprint density at radius 2 is 1.55 bits per heavy atom. The maximum absolute atomic E-state index is 4.70. The number of hydrogen-bond acceptors (Lipinski definition) is 3. The highest BCUT2D eigenvalue weighted by molar-refractivity contribution is 5.82. The van der Waals surface area contributed by atoms with E-state index in [1.165, 1.54) is 5.69 Å². The maximum atomic E-state index is 4.70. The molecule has 3 rings (SSSR count). The van der Waals surface area contributed by atoms with E-state index < -0.39 is 0 Å². The van der Waals surface area contributed by atoms with Crippen molar-refractivity contribution in [2.75, 3.05) is 18.0 Å². The summed E-state index contributed by atoms with van der Waals surface area (Å²) in [5.74, 6) is 0.794. The number of aromatic nitrogens is 2. The minimum atomic E-state index is 0.794. The molecule has 0 aliphatic heterocycles. The number of nitrogens with zero attached hydrogens (tertiary/aromatic N) is 3. The number of aryl methyl sites for hydroxylation is 1. The van der Waals surface area contributed by atoms with Gasteiger partial charge in [-0.25, -0.2) is 9.97 Å². The highest BCUT2D eigenvalue weighted by atomic mass is 15.1. The first-order valence-corrected chi connectivity index (χ1v) is 7.81. The quantitative estimate of drug-likeness (QED) is 0.711. The topological polar surface area (TPSA) is 29.0 Å². The molecule has 0 aliphatic rings. The molecule has 0 spiro atoms. The smallest absolute Gasteiger partial charge is 0.160 e. The van der Waals surface area contributed by atoms with Gasteiger partial charge in [0.05, 0.1) is 5.52 Å². The van der Waals surface area contributed by atoms with E-state index in [2.05, 4.69) is 54.1 Å². The van der Waals surface area contributed by atoms with Crippen molar-refractivity contribution in [3.8, 4) is 11.4 Å². The normalized spacial score (nSPS) is 10.9. The van der Waals surface area contributed by atoms with Gasteiger partial charge in [0.1, 0.15) is 0 Å². The van der Waals surface area contributed by atoms with Gasteiger partial charge in [-0.1, -0.05) is 18.2 Å². The molecule has 0 N–H and O–H groups in total. The van der Waals surface area contributed by atoms with Gasteiger partial charge in [-0.3, -0.25) is 0 Å². The third-order valence-electron chi connectivity index (χ3n) is 4.05. The van der Waals surface area contributed by atoms with E-state index in [1.807, 2.05) is 25.1 Å². The second-order valence-corrected chi connectivity index (χ2v) is 5.37. The summed E-state index contributed by atoms with van der Waals surface area (Å²) < 4.78 is 0. The number of fused-ring (bicyclic) bond motifs is 1. The average molecular weight is 291 g/mol. The molecule has 1 heterocycles. The summed E-state index contributed by atoms with van der Waals surface area (Å²) in [7, 11) is 0. The molecule has 3 aromatic rings. The zero-order valence-corrected chi connectivity index (χ0v) is 13.4. The molecular weight excluding hydrogens is 270 g/mol.